The molecule has 0 unspecified atom stereocenters. The molecular formula is C14H20N2O3. The number of carbonyl (C=O) groups excluding carboxylic acids is 1. The van der Waals surface area contributed by atoms with E-state index in [0.717, 1.165) is 25.9 Å². The van der Waals surface area contributed by atoms with Crippen molar-refractivity contribution in [3.8, 4) is 5.75 Å². The van der Waals surface area contributed by atoms with Crippen LogP contribution in [0.5, 0.6) is 5.75 Å². The fourth-order valence-corrected chi connectivity index (χ4v) is 2.13. The molecule has 1 fully saturated rings. The molecule has 0 radical (unpaired) electrons. The Morgan fingerprint density at radius 1 is 1.47 bits per heavy atom. The molecular weight excluding hydrogens is 244 g/mol. The van der Waals surface area contributed by atoms with Crippen LogP contribution in [0.4, 0.5) is 10.5 Å². The second-order valence-corrected chi connectivity index (χ2v) is 4.50. The molecule has 104 valence electrons. The monoisotopic (exact) mass is 264 g/mol. The number of nitrogens with one attached hydrogen (secondary N) is 2. The molecule has 1 heterocycles. The SMILES string of the molecule is COc1ccccc1NC(=O)NCC[C@H]1CCCO1. The molecule has 0 bridgehead atoms. The van der Waals surface area contributed by atoms with Crippen LogP contribution in [-0.4, -0.2) is 32.4 Å². The minimum Gasteiger partial charge on any atom is -0.495 e. The summed E-state index contributed by atoms with van der Waals surface area (Å²) in [6, 6.07) is 7.10. The highest BCUT2D eigenvalue weighted by Gasteiger charge is 2.15. The fourth-order valence-electron chi connectivity index (χ4n) is 2.13. The van der Waals surface area contributed by atoms with Crippen molar-refractivity contribution >= 4 is 11.7 Å². The first-order chi connectivity index (χ1) is 9.29. The van der Waals surface area contributed by atoms with Gasteiger partial charge in [0.05, 0.1) is 18.9 Å². The Morgan fingerprint density at radius 2 is 2.32 bits per heavy atom. The van der Waals surface area contributed by atoms with E-state index in [2.05, 4.69) is 10.6 Å². The molecule has 1 atom stereocenters. The molecule has 5 heteroatoms. The van der Waals surface area contributed by atoms with E-state index < -0.39 is 0 Å². The summed E-state index contributed by atoms with van der Waals surface area (Å²) in [6.45, 7) is 1.46. The summed E-state index contributed by atoms with van der Waals surface area (Å²) in [5, 5.41) is 5.59. The molecule has 2 N–H and O–H groups in total. The topological polar surface area (TPSA) is 59.6 Å². The standard InChI is InChI=1S/C14H20N2O3/c1-18-13-7-3-2-6-12(13)16-14(17)15-9-8-11-5-4-10-19-11/h2-3,6-7,11H,4-5,8-10H2,1H3,(H2,15,16,17)/t11-/m1/s1. The molecule has 0 aliphatic carbocycles. The van der Waals surface area contributed by atoms with Gasteiger partial charge in [-0.15, -0.1) is 0 Å². The van der Waals surface area contributed by atoms with Crippen molar-refractivity contribution < 1.29 is 14.3 Å². The van der Waals surface area contributed by atoms with Crippen LogP contribution in [0, 0.1) is 0 Å². The fraction of sp³-hybridized carbons (Fsp3) is 0.500. The van der Waals surface area contributed by atoms with Crippen LogP contribution in [0.2, 0.25) is 0 Å². The number of amides is 2. The van der Waals surface area contributed by atoms with E-state index in [0.29, 0.717) is 24.1 Å². The zero-order valence-electron chi connectivity index (χ0n) is 11.1. The second kappa shape index (κ2) is 6.99. The highest BCUT2D eigenvalue weighted by molar-refractivity contribution is 5.90. The third-order valence-electron chi connectivity index (χ3n) is 3.13. The maximum Gasteiger partial charge on any atom is 0.319 e. The third-order valence-corrected chi connectivity index (χ3v) is 3.13. The van der Waals surface area contributed by atoms with Crippen LogP contribution in [-0.2, 0) is 4.74 Å². The molecule has 2 rings (SSSR count). The molecule has 19 heavy (non-hydrogen) atoms. The second-order valence-electron chi connectivity index (χ2n) is 4.50. The van der Waals surface area contributed by atoms with Crippen molar-refractivity contribution in [2.75, 3.05) is 25.6 Å². The van der Waals surface area contributed by atoms with Crippen molar-refractivity contribution in [1.29, 1.82) is 0 Å². The number of hydrogen-bond donors (Lipinski definition) is 2. The number of benzene rings is 1. The molecule has 1 aliphatic heterocycles. The van der Waals surface area contributed by atoms with E-state index in [9.17, 15) is 4.79 Å². The summed E-state index contributed by atoms with van der Waals surface area (Å²) in [5.41, 5.74) is 0.666. The Kier molecular flexibility index (Phi) is 5.03. The Bertz CT molecular complexity index is 417. The molecule has 1 saturated heterocycles. The highest BCUT2D eigenvalue weighted by Crippen LogP contribution is 2.22. The number of urea groups is 1. The van der Waals surface area contributed by atoms with Gasteiger partial charge in [0, 0.05) is 13.2 Å². The van der Waals surface area contributed by atoms with Crippen molar-refractivity contribution in [2.45, 2.75) is 25.4 Å². The number of para-hydroxylation sites is 2. The van der Waals surface area contributed by atoms with Crippen molar-refractivity contribution in [3.63, 3.8) is 0 Å². The van der Waals surface area contributed by atoms with E-state index in [1.807, 2.05) is 18.2 Å². The number of hydrogen-bond acceptors (Lipinski definition) is 3. The Balaban J connectivity index is 1.74. The molecule has 2 amide bonds. The number of rotatable bonds is 5. The van der Waals surface area contributed by atoms with Crippen LogP contribution < -0.4 is 15.4 Å². The Labute approximate surface area is 113 Å². The first-order valence-corrected chi connectivity index (χ1v) is 6.59. The van der Waals surface area contributed by atoms with Gasteiger partial charge in [0.15, 0.2) is 0 Å². The highest BCUT2D eigenvalue weighted by atomic mass is 16.5. The number of anilines is 1. The lowest BCUT2D eigenvalue weighted by Crippen LogP contribution is -2.31. The molecule has 5 nitrogen and oxygen atoms in total. The molecule has 0 saturated carbocycles. The van der Waals surface area contributed by atoms with Gasteiger partial charge < -0.3 is 20.1 Å². The van der Waals surface area contributed by atoms with Crippen molar-refractivity contribution in [3.05, 3.63) is 24.3 Å². The van der Waals surface area contributed by atoms with E-state index in [-0.39, 0.29) is 6.03 Å². The number of carbonyl (C=O) groups is 1. The number of methoxy groups -OCH3 is 1. The van der Waals surface area contributed by atoms with Gasteiger partial charge >= 0.3 is 6.03 Å². The van der Waals surface area contributed by atoms with Crippen LogP contribution in [0.25, 0.3) is 0 Å². The molecule has 0 spiro atoms. The van der Waals surface area contributed by atoms with Gasteiger partial charge in [-0.2, -0.15) is 0 Å². The quantitative estimate of drug-likeness (QED) is 0.858. The lowest BCUT2D eigenvalue weighted by Gasteiger charge is -2.12. The maximum atomic E-state index is 11.7. The van der Waals surface area contributed by atoms with Gasteiger partial charge in [0.1, 0.15) is 5.75 Å². The van der Waals surface area contributed by atoms with Gasteiger partial charge in [0.2, 0.25) is 0 Å². The summed E-state index contributed by atoms with van der Waals surface area (Å²) in [7, 11) is 1.58. The zero-order chi connectivity index (χ0) is 13.5. The lowest BCUT2D eigenvalue weighted by atomic mass is 10.2. The van der Waals surface area contributed by atoms with E-state index in [4.69, 9.17) is 9.47 Å². The van der Waals surface area contributed by atoms with Crippen LogP contribution in [0.3, 0.4) is 0 Å². The van der Waals surface area contributed by atoms with E-state index in [1.165, 1.54) is 0 Å². The molecule has 1 aromatic carbocycles. The predicted octanol–water partition coefficient (Wildman–Crippen LogP) is 2.39. The average molecular weight is 264 g/mol. The van der Waals surface area contributed by atoms with Gasteiger partial charge in [-0.1, -0.05) is 12.1 Å². The normalized spacial score (nSPS) is 18.1. The van der Waals surface area contributed by atoms with Crippen LogP contribution in [0.1, 0.15) is 19.3 Å². The first kappa shape index (κ1) is 13.7. The summed E-state index contributed by atoms with van der Waals surface area (Å²) in [6.07, 6.45) is 3.37. The summed E-state index contributed by atoms with van der Waals surface area (Å²) >= 11 is 0. The Hall–Kier alpha value is -1.75. The minimum absolute atomic E-state index is 0.220. The van der Waals surface area contributed by atoms with Gasteiger partial charge in [-0.05, 0) is 31.4 Å². The van der Waals surface area contributed by atoms with Gasteiger partial charge in [-0.25, -0.2) is 4.79 Å². The smallest absolute Gasteiger partial charge is 0.319 e. The third kappa shape index (κ3) is 4.13. The maximum absolute atomic E-state index is 11.7. The van der Waals surface area contributed by atoms with Crippen LogP contribution >= 0.6 is 0 Å². The van der Waals surface area contributed by atoms with Crippen molar-refractivity contribution in [1.82, 2.24) is 5.32 Å². The summed E-state index contributed by atoms with van der Waals surface area (Å²) < 4.78 is 10.7. The van der Waals surface area contributed by atoms with Gasteiger partial charge in [-0.3, -0.25) is 0 Å². The molecule has 0 aromatic heterocycles. The minimum atomic E-state index is -0.220. The van der Waals surface area contributed by atoms with E-state index >= 15 is 0 Å². The first-order valence-electron chi connectivity index (χ1n) is 6.59. The average Bonchev–Trinajstić information content (AvgIpc) is 2.92. The zero-order valence-corrected chi connectivity index (χ0v) is 11.1. The lowest BCUT2D eigenvalue weighted by molar-refractivity contribution is 0.105. The predicted molar refractivity (Wildman–Crippen MR) is 73.6 cm³/mol. The Morgan fingerprint density at radius 3 is 3.05 bits per heavy atom. The molecule has 1 aromatic rings. The molecule has 1 aliphatic rings. The largest absolute Gasteiger partial charge is 0.495 e. The van der Waals surface area contributed by atoms with Crippen molar-refractivity contribution in [2.24, 2.45) is 0 Å². The van der Waals surface area contributed by atoms with Crippen LogP contribution in [0.15, 0.2) is 24.3 Å². The van der Waals surface area contributed by atoms with Gasteiger partial charge in [0.25, 0.3) is 0 Å². The van der Waals surface area contributed by atoms with E-state index in [1.54, 1.807) is 13.2 Å². The summed E-state index contributed by atoms with van der Waals surface area (Å²) in [5.74, 6) is 0.650. The number of ether oxygens (including phenoxy) is 2. The summed E-state index contributed by atoms with van der Waals surface area (Å²) in [4.78, 5) is 11.7.